The van der Waals surface area contributed by atoms with Crippen LogP contribution in [0.3, 0.4) is 0 Å². The zero-order chi connectivity index (χ0) is 12.8. The third kappa shape index (κ3) is 3.74. The van der Waals surface area contributed by atoms with E-state index in [1.54, 1.807) is 0 Å². The molecular formula is C10H15ClN4O2. The van der Waals surface area contributed by atoms with Gasteiger partial charge in [0.2, 0.25) is 5.91 Å². The van der Waals surface area contributed by atoms with Gasteiger partial charge in [-0.1, -0.05) is 11.6 Å². The summed E-state index contributed by atoms with van der Waals surface area (Å²) in [5, 5.41) is 6.99. The first-order valence-corrected chi connectivity index (χ1v) is 5.71. The standard InChI is InChI=1S/C10H15ClN4O2/c1-2-15-10(17)9(11)7(6-14-15)13-5-3-4-8(12)16/h6,13H,2-5H2,1H3,(H2,12,16). The zero-order valence-corrected chi connectivity index (χ0v) is 10.3. The van der Waals surface area contributed by atoms with Crippen LogP contribution in [0.4, 0.5) is 5.69 Å². The molecule has 94 valence electrons. The molecule has 1 heterocycles. The van der Waals surface area contributed by atoms with Crippen LogP contribution in [0.25, 0.3) is 0 Å². The molecule has 0 unspecified atom stereocenters. The molecule has 1 amide bonds. The Morgan fingerprint density at radius 1 is 1.65 bits per heavy atom. The van der Waals surface area contributed by atoms with Crippen LogP contribution in [-0.2, 0) is 11.3 Å². The molecule has 1 aromatic heterocycles. The van der Waals surface area contributed by atoms with E-state index in [-0.39, 0.29) is 16.5 Å². The summed E-state index contributed by atoms with van der Waals surface area (Å²) in [6, 6.07) is 0. The van der Waals surface area contributed by atoms with Crippen LogP contribution in [0, 0.1) is 0 Å². The van der Waals surface area contributed by atoms with E-state index in [4.69, 9.17) is 17.3 Å². The van der Waals surface area contributed by atoms with Crippen LogP contribution in [0.2, 0.25) is 5.02 Å². The van der Waals surface area contributed by atoms with E-state index in [0.717, 1.165) is 0 Å². The molecule has 6 nitrogen and oxygen atoms in total. The SMILES string of the molecule is CCn1ncc(NCCCC(N)=O)c(Cl)c1=O. The van der Waals surface area contributed by atoms with E-state index in [0.29, 0.717) is 31.6 Å². The number of amides is 1. The molecule has 0 saturated carbocycles. The van der Waals surface area contributed by atoms with Crippen molar-refractivity contribution >= 4 is 23.2 Å². The number of anilines is 1. The minimum absolute atomic E-state index is 0.112. The van der Waals surface area contributed by atoms with Gasteiger partial charge in [0, 0.05) is 19.5 Å². The van der Waals surface area contributed by atoms with Crippen molar-refractivity contribution in [2.45, 2.75) is 26.3 Å². The second-order valence-corrected chi connectivity index (χ2v) is 3.87. The number of carbonyl (C=O) groups is 1. The highest BCUT2D eigenvalue weighted by Crippen LogP contribution is 2.14. The lowest BCUT2D eigenvalue weighted by atomic mass is 10.3. The summed E-state index contributed by atoms with van der Waals surface area (Å²) in [5.74, 6) is -0.350. The number of rotatable bonds is 6. The number of nitrogens with one attached hydrogen (secondary N) is 1. The van der Waals surface area contributed by atoms with Gasteiger partial charge in [0.25, 0.3) is 5.56 Å². The molecule has 0 aliphatic rings. The molecule has 3 N–H and O–H groups in total. The van der Waals surface area contributed by atoms with Crippen molar-refractivity contribution in [1.29, 1.82) is 0 Å². The monoisotopic (exact) mass is 258 g/mol. The van der Waals surface area contributed by atoms with Gasteiger partial charge in [-0.25, -0.2) is 4.68 Å². The highest BCUT2D eigenvalue weighted by molar-refractivity contribution is 6.32. The molecule has 0 aromatic carbocycles. The fourth-order valence-corrected chi connectivity index (χ4v) is 1.51. The van der Waals surface area contributed by atoms with Gasteiger partial charge in [-0.3, -0.25) is 9.59 Å². The van der Waals surface area contributed by atoms with E-state index >= 15 is 0 Å². The number of primary amides is 1. The first-order chi connectivity index (χ1) is 8.06. The first-order valence-electron chi connectivity index (χ1n) is 5.34. The van der Waals surface area contributed by atoms with E-state index in [1.165, 1.54) is 10.9 Å². The number of hydrogen-bond acceptors (Lipinski definition) is 4. The first kappa shape index (κ1) is 13.5. The van der Waals surface area contributed by atoms with Crippen LogP contribution >= 0.6 is 11.6 Å². The maximum atomic E-state index is 11.6. The Balaban J connectivity index is 2.63. The minimum atomic E-state index is -0.350. The Morgan fingerprint density at radius 3 is 2.94 bits per heavy atom. The molecule has 0 spiro atoms. The number of hydrogen-bond donors (Lipinski definition) is 2. The molecule has 1 aromatic rings. The number of carbonyl (C=O) groups excluding carboxylic acids is 1. The lowest BCUT2D eigenvalue weighted by Gasteiger charge is -2.08. The molecule has 7 heteroatoms. The van der Waals surface area contributed by atoms with Crippen molar-refractivity contribution in [2.75, 3.05) is 11.9 Å². The number of nitrogens with two attached hydrogens (primary N) is 1. The van der Waals surface area contributed by atoms with Crippen molar-refractivity contribution in [1.82, 2.24) is 9.78 Å². The average Bonchev–Trinajstić information content (AvgIpc) is 2.29. The van der Waals surface area contributed by atoms with Gasteiger partial charge in [0.15, 0.2) is 0 Å². The molecule has 0 bridgehead atoms. The summed E-state index contributed by atoms with van der Waals surface area (Å²) in [6.07, 6.45) is 2.38. The Hall–Kier alpha value is -1.56. The number of aromatic nitrogens is 2. The highest BCUT2D eigenvalue weighted by atomic mass is 35.5. The Kier molecular flexibility index (Phi) is 4.96. The van der Waals surface area contributed by atoms with Crippen LogP contribution in [0.5, 0.6) is 0 Å². The molecule has 0 radical (unpaired) electrons. The predicted molar refractivity (Wildman–Crippen MR) is 66.1 cm³/mol. The molecule has 0 fully saturated rings. The van der Waals surface area contributed by atoms with E-state index < -0.39 is 0 Å². The Morgan fingerprint density at radius 2 is 2.35 bits per heavy atom. The summed E-state index contributed by atoms with van der Waals surface area (Å²) in [4.78, 5) is 22.1. The molecule has 0 saturated heterocycles. The van der Waals surface area contributed by atoms with Crippen LogP contribution in [0.1, 0.15) is 19.8 Å². The summed E-state index contributed by atoms with van der Waals surface area (Å²) >= 11 is 5.89. The fraction of sp³-hybridized carbons (Fsp3) is 0.500. The van der Waals surface area contributed by atoms with Crippen molar-refractivity contribution in [3.8, 4) is 0 Å². The second kappa shape index (κ2) is 6.24. The van der Waals surface area contributed by atoms with Gasteiger partial charge in [-0.15, -0.1) is 0 Å². The molecule has 1 rings (SSSR count). The zero-order valence-electron chi connectivity index (χ0n) is 9.57. The van der Waals surface area contributed by atoms with Crippen molar-refractivity contribution < 1.29 is 4.79 Å². The molecule has 0 atom stereocenters. The largest absolute Gasteiger partial charge is 0.382 e. The fourth-order valence-electron chi connectivity index (χ4n) is 1.30. The lowest BCUT2D eigenvalue weighted by Crippen LogP contribution is -2.23. The van der Waals surface area contributed by atoms with Gasteiger partial charge < -0.3 is 11.1 Å². The third-order valence-corrected chi connectivity index (χ3v) is 2.57. The molecule has 17 heavy (non-hydrogen) atoms. The maximum absolute atomic E-state index is 11.6. The van der Waals surface area contributed by atoms with E-state index in [9.17, 15) is 9.59 Å². The smallest absolute Gasteiger partial charge is 0.287 e. The second-order valence-electron chi connectivity index (χ2n) is 3.49. The Bertz CT molecular complexity index is 458. The van der Waals surface area contributed by atoms with Gasteiger partial charge in [0.1, 0.15) is 5.02 Å². The van der Waals surface area contributed by atoms with Crippen molar-refractivity contribution in [3.05, 3.63) is 21.6 Å². The lowest BCUT2D eigenvalue weighted by molar-refractivity contribution is -0.118. The summed E-state index contributed by atoms with van der Waals surface area (Å²) < 4.78 is 1.27. The molecule has 0 aliphatic heterocycles. The van der Waals surface area contributed by atoms with Crippen molar-refractivity contribution in [2.24, 2.45) is 5.73 Å². The van der Waals surface area contributed by atoms with E-state index in [1.807, 2.05) is 6.92 Å². The number of halogens is 1. The topological polar surface area (TPSA) is 90.0 Å². The van der Waals surface area contributed by atoms with Gasteiger partial charge in [-0.05, 0) is 13.3 Å². The normalized spacial score (nSPS) is 10.2. The van der Waals surface area contributed by atoms with Gasteiger partial charge in [0.05, 0.1) is 11.9 Å². The summed E-state index contributed by atoms with van der Waals surface area (Å²) in [5.41, 5.74) is 5.16. The molecule has 0 aliphatic carbocycles. The quantitative estimate of drug-likeness (QED) is 0.731. The van der Waals surface area contributed by atoms with Crippen molar-refractivity contribution in [3.63, 3.8) is 0 Å². The van der Waals surface area contributed by atoms with Gasteiger partial charge >= 0.3 is 0 Å². The Labute approximate surface area is 104 Å². The third-order valence-electron chi connectivity index (χ3n) is 2.20. The summed E-state index contributed by atoms with van der Waals surface area (Å²) in [7, 11) is 0. The van der Waals surface area contributed by atoms with Crippen LogP contribution in [-0.4, -0.2) is 22.2 Å². The van der Waals surface area contributed by atoms with Gasteiger partial charge in [-0.2, -0.15) is 5.10 Å². The van der Waals surface area contributed by atoms with Crippen LogP contribution < -0.4 is 16.6 Å². The average molecular weight is 259 g/mol. The van der Waals surface area contributed by atoms with E-state index in [2.05, 4.69) is 10.4 Å². The number of nitrogens with zero attached hydrogens (tertiary/aromatic N) is 2. The molecular weight excluding hydrogens is 244 g/mol. The highest BCUT2D eigenvalue weighted by Gasteiger charge is 2.07. The summed E-state index contributed by atoms with van der Waals surface area (Å²) in [6.45, 7) is 2.80. The minimum Gasteiger partial charge on any atom is -0.382 e. The predicted octanol–water partition coefficient (Wildman–Crippen LogP) is 0.594. The van der Waals surface area contributed by atoms with Crippen LogP contribution in [0.15, 0.2) is 11.0 Å². The maximum Gasteiger partial charge on any atom is 0.287 e. The number of aryl methyl sites for hydroxylation is 1.